The molecule has 0 saturated heterocycles. The number of amides is 1. The van der Waals surface area contributed by atoms with Crippen LogP contribution >= 0.6 is 0 Å². The number of likely N-dealkylation sites (N-methyl/N-ethyl adjacent to an activating group) is 1. The van der Waals surface area contributed by atoms with Crippen molar-refractivity contribution < 1.29 is 4.79 Å². The third-order valence-corrected chi connectivity index (χ3v) is 5.19. The van der Waals surface area contributed by atoms with Crippen LogP contribution in [0.5, 0.6) is 0 Å². The van der Waals surface area contributed by atoms with Gasteiger partial charge in [0.2, 0.25) is 5.91 Å². The Morgan fingerprint density at radius 3 is 2.24 bits per heavy atom. The molecule has 29 heavy (non-hydrogen) atoms. The highest BCUT2D eigenvalue weighted by Crippen LogP contribution is 2.24. The lowest BCUT2D eigenvalue weighted by molar-refractivity contribution is -0.118. The van der Waals surface area contributed by atoms with E-state index in [4.69, 9.17) is 0 Å². The number of carbonyl (C=O) groups excluding carboxylic acids is 1. The van der Waals surface area contributed by atoms with Gasteiger partial charge in [0.15, 0.2) is 0 Å². The average molecular weight is 392 g/mol. The molecule has 0 aliphatic rings. The molecule has 0 aliphatic carbocycles. The van der Waals surface area contributed by atoms with Gasteiger partial charge in [0.25, 0.3) is 5.95 Å². The highest BCUT2D eigenvalue weighted by molar-refractivity contribution is 5.95. The van der Waals surface area contributed by atoms with Gasteiger partial charge in [-0.3, -0.25) is 4.79 Å². The molecular weight excluding hydrogens is 362 g/mol. The van der Waals surface area contributed by atoms with Crippen LogP contribution in [0.3, 0.4) is 0 Å². The van der Waals surface area contributed by atoms with Crippen molar-refractivity contribution >= 4 is 11.6 Å². The zero-order valence-corrected chi connectivity index (χ0v) is 18.4. The van der Waals surface area contributed by atoms with Crippen LogP contribution in [0.25, 0.3) is 5.95 Å². The van der Waals surface area contributed by atoms with E-state index < -0.39 is 0 Å². The first kappa shape index (κ1) is 20.7. The summed E-state index contributed by atoms with van der Waals surface area (Å²) in [6.45, 7) is 14.5. The SMILES string of the molecule is CCN(C(=O)Cc1c(C)nn(-c2nc(C)cc(C)n2)c1C)c1ccc(C)cc1C. The van der Waals surface area contributed by atoms with E-state index in [1.54, 1.807) is 4.68 Å². The summed E-state index contributed by atoms with van der Waals surface area (Å²) in [6.07, 6.45) is 0.295. The summed E-state index contributed by atoms with van der Waals surface area (Å²) in [7, 11) is 0. The molecular formula is C23H29N5O. The lowest BCUT2D eigenvalue weighted by atomic mass is 10.1. The minimum atomic E-state index is 0.0616. The second-order valence-electron chi connectivity index (χ2n) is 7.62. The summed E-state index contributed by atoms with van der Waals surface area (Å²) in [6, 6.07) is 8.11. The van der Waals surface area contributed by atoms with Crippen molar-refractivity contribution in [2.24, 2.45) is 0 Å². The number of carbonyl (C=O) groups is 1. The van der Waals surface area contributed by atoms with Gasteiger partial charge >= 0.3 is 0 Å². The first-order valence-corrected chi connectivity index (χ1v) is 9.96. The van der Waals surface area contributed by atoms with Crippen LogP contribution < -0.4 is 4.90 Å². The van der Waals surface area contributed by atoms with E-state index in [1.807, 2.05) is 64.6 Å². The molecule has 0 atom stereocenters. The van der Waals surface area contributed by atoms with Crippen molar-refractivity contribution in [3.8, 4) is 5.95 Å². The Morgan fingerprint density at radius 2 is 1.66 bits per heavy atom. The Kier molecular flexibility index (Phi) is 5.82. The van der Waals surface area contributed by atoms with E-state index in [0.29, 0.717) is 18.9 Å². The molecule has 6 heteroatoms. The standard InChI is InChI=1S/C23H29N5O/c1-8-27(21-10-9-14(2)11-15(21)3)22(29)13-20-18(6)26-28(19(20)7)23-24-16(4)12-17(5)25-23/h9-12H,8,13H2,1-7H3. The minimum absolute atomic E-state index is 0.0616. The summed E-state index contributed by atoms with van der Waals surface area (Å²) in [4.78, 5) is 24.1. The quantitative estimate of drug-likeness (QED) is 0.657. The second-order valence-corrected chi connectivity index (χ2v) is 7.62. The van der Waals surface area contributed by atoms with E-state index in [2.05, 4.69) is 28.1 Å². The van der Waals surface area contributed by atoms with Gasteiger partial charge in [-0.25, -0.2) is 14.6 Å². The summed E-state index contributed by atoms with van der Waals surface area (Å²) >= 11 is 0. The number of hydrogen-bond donors (Lipinski definition) is 0. The molecule has 3 rings (SSSR count). The summed E-state index contributed by atoms with van der Waals surface area (Å²) < 4.78 is 1.74. The van der Waals surface area contributed by atoms with Gasteiger partial charge in [-0.1, -0.05) is 17.7 Å². The first-order chi connectivity index (χ1) is 13.7. The highest BCUT2D eigenvalue weighted by atomic mass is 16.2. The zero-order valence-electron chi connectivity index (χ0n) is 18.4. The third-order valence-electron chi connectivity index (χ3n) is 5.19. The van der Waals surface area contributed by atoms with Crippen molar-refractivity contribution in [3.05, 3.63) is 63.7 Å². The smallest absolute Gasteiger partial charge is 0.251 e. The number of aryl methyl sites for hydroxylation is 5. The van der Waals surface area contributed by atoms with Crippen molar-refractivity contribution in [2.75, 3.05) is 11.4 Å². The molecule has 0 saturated carbocycles. The van der Waals surface area contributed by atoms with Gasteiger partial charge < -0.3 is 4.90 Å². The highest BCUT2D eigenvalue weighted by Gasteiger charge is 2.22. The second kappa shape index (κ2) is 8.15. The van der Waals surface area contributed by atoms with Gasteiger partial charge in [-0.15, -0.1) is 0 Å². The molecule has 0 fully saturated rings. The predicted molar refractivity (Wildman–Crippen MR) is 116 cm³/mol. The first-order valence-electron chi connectivity index (χ1n) is 9.96. The maximum Gasteiger partial charge on any atom is 0.251 e. The van der Waals surface area contributed by atoms with Gasteiger partial charge in [0.05, 0.1) is 12.1 Å². The molecule has 1 aromatic carbocycles. The Balaban J connectivity index is 1.93. The third kappa shape index (κ3) is 4.21. The van der Waals surface area contributed by atoms with E-state index in [1.165, 1.54) is 5.56 Å². The molecule has 0 spiro atoms. The molecule has 6 nitrogen and oxygen atoms in total. The molecule has 2 aromatic heterocycles. The van der Waals surface area contributed by atoms with Gasteiger partial charge in [-0.2, -0.15) is 5.10 Å². The lowest BCUT2D eigenvalue weighted by Gasteiger charge is -2.23. The van der Waals surface area contributed by atoms with Crippen LogP contribution in [0.2, 0.25) is 0 Å². The van der Waals surface area contributed by atoms with Gasteiger partial charge in [0, 0.05) is 34.9 Å². The van der Waals surface area contributed by atoms with Crippen molar-refractivity contribution in [3.63, 3.8) is 0 Å². The number of nitrogens with zero attached hydrogens (tertiary/aromatic N) is 5. The molecule has 0 unspecified atom stereocenters. The number of anilines is 1. The van der Waals surface area contributed by atoms with Crippen LogP contribution in [0.15, 0.2) is 24.3 Å². The Labute approximate surface area is 172 Å². The number of benzene rings is 1. The van der Waals surface area contributed by atoms with Crippen LogP contribution in [0.1, 0.15) is 46.4 Å². The van der Waals surface area contributed by atoms with Gasteiger partial charge in [0.1, 0.15) is 0 Å². The fourth-order valence-electron chi connectivity index (χ4n) is 3.76. The Morgan fingerprint density at radius 1 is 1.00 bits per heavy atom. The molecule has 1 amide bonds. The fourth-order valence-corrected chi connectivity index (χ4v) is 3.76. The maximum atomic E-state index is 13.2. The molecule has 0 radical (unpaired) electrons. The van der Waals surface area contributed by atoms with Crippen molar-refractivity contribution in [2.45, 2.75) is 54.9 Å². The van der Waals surface area contributed by atoms with Crippen molar-refractivity contribution in [1.29, 1.82) is 0 Å². The predicted octanol–water partition coefficient (Wildman–Crippen LogP) is 4.11. The molecule has 3 aromatic rings. The summed E-state index contributed by atoms with van der Waals surface area (Å²) in [5.41, 5.74) is 7.70. The molecule has 152 valence electrons. The van der Waals surface area contributed by atoms with E-state index in [-0.39, 0.29) is 5.91 Å². The summed E-state index contributed by atoms with van der Waals surface area (Å²) in [5, 5.41) is 4.62. The van der Waals surface area contributed by atoms with E-state index in [0.717, 1.165) is 39.6 Å². The fraction of sp³-hybridized carbons (Fsp3) is 0.391. The van der Waals surface area contributed by atoms with Crippen LogP contribution in [0.4, 0.5) is 5.69 Å². The summed E-state index contributed by atoms with van der Waals surface area (Å²) in [5.74, 6) is 0.607. The van der Waals surface area contributed by atoms with Crippen LogP contribution in [-0.4, -0.2) is 32.2 Å². The lowest BCUT2D eigenvalue weighted by Crippen LogP contribution is -2.32. The molecule has 0 N–H and O–H groups in total. The number of hydrogen-bond acceptors (Lipinski definition) is 4. The van der Waals surface area contributed by atoms with Gasteiger partial charge in [-0.05, 0) is 66.2 Å². The van der Waals surface area contributed by atoms with Crippen molar-refractivity contribution in [1.82, 2.24) is 19.7 Å². The minimum Gasteiger partial charge on any atom is -0.312 e. The monoisotopic (exact) mass is 391 g/mol. The van der Waals surface area contributed by atoms with E-state index in [9.17, 15) is 4.79 Å². The number of rotatable bonds is 5. The zero-order chi connectivity index (χ0) is 21.3. The van der Waals surface area contributed by atoms with E-state index >= 15 is 0 Å². The topological polar surface area (TPSA) is 63.9 Å². The normalized spacial score (nSPS) is 11.0. The van der Waals surface area contributed by atoms with Crippen LogP contribution in [0, 0.1) is 41.5 Å². The Bertz CT molecular complexity index is 1050. The Hall–Kier alpha value is -3.02. The average Bonchev–Trinajstić information content (AvgIpc) is 2.91. The molecule has 0 bridgehead atoms. The number of aromatic nitrogens is 4. The molecule has 2 heterocycles. The maximum absolute atomic E-state index is 13.2. The molecule has 0 aliphatic heterocycles. The largest absolute Gasteiger partial charge is 0.312 e. The van der Waals surface area contributed by atoms with Crippen LogP contribution in [-0.2, 0) is 11.2 Å².